The molecular weight excluding hydrogens is 336 g/mol. The zero-order valence-corrected chi connectivity index (χ0v) is 13.6. The summed E-state index contributed by atoms with van der Waals surface area (Å²) in [6.45, 7) is 2.33. The van der Waals surface area contributed by atoms with Gasteiger partial charge in [-0.05, 0) is 31.9 Å². The monoisotopic (exact) mass is 354 g/mol. The summed E-state index contributed by atoms with van der Waals surface area (Å²) in [5.41, 5.74) is 1.11. The van der Waals surface area contributed by atoms with E-state index in [4.69, 9.17) is 0 Å². The van der Waals surface area contributed by atoms with Gasteiger partial charge in [0.2, 0.25) is 0 Å². The third kappa shape index (κ3) is 3.61. The van der Waals surface area contributed by atoms with Crippen molar-refractivity contribution in [3.8, 4) is 0 Å². The van der Waals surface area contributed by atoms with Gasteiger partial charge in [0.1, 0.15) is 0 Å². The van der Waals surface area contributed by atoms with Crippen molar-refractivity contribution in [3.63, 3.8) is 0 Å². The molecule has 0 aliphatic heterocycles. The fraction of sp³-hybridized carbons (Fsp3) is 0.533. The first-order valence-electron chi connectivity index (χ1n) is 7.16. The lowest BCUT2D eigenvalue weighted by Gasteiger charge is -2.28. The largest absolute Gasteiger partial charge is 0.335 e. The summed E-state index contributed by atoms with van der Waals surface area (Å²) >= 11 is 3.40. The van der Waals surface area contributed by atoms with Gasteiger partial charge in [-0.1, -0.05) is 28.8 Å². The van der Waals surface area contributed by atoms with Crippen molar-refractivity contribution in [2.24, 2.45) is 0 Å². The standard InChI is InChI=1S/C15H19BrN2O3/c1-11-10-12(6-7-14(11)18(20)21)15(19)17(9-8-16)13-4-2-3-5-13/h6-7,10,13H,2-5,8-9H2,1H3. The molecule has 2 rings (SSSR count). The Hall–Kier alpha value is -1.43. The highest BCUT2D eigenvalue weighted by molar-refractivity contribution is 9.09. The number of amides is 1. The molecule has 6 heteroatoms. The van der Waals surface area contributed by atoms with Gasteiger partial charge in [0, 0.05) is 35.1 Å². The van der Waals surface area contributed by atoms with E-state index in [1.165, 1.54) is 6.07 Å². The molecule has 0 heterocycles. The molecule has 1 aliphatic carbocycles. The second-order valence-electron chi connectivity index (χ2n) is 5.38. The number of hydrogen-bond donors (Lipinski definition) is 0. The zero-order valence-electron chi connectivity index (χ0n) is 12.0. The van der Waals surface area contributed by atoms with Crippen molar-refractivity contribution < 1.29 is 9.72 Å². The maximum Gasteiger partial charge on any atom is 0.272 e. The molecule has 5 nitrogen and oxygen atoms in total. The SMILES string of the molecule is Cc1cc(C(=O)N(CCBr)C2CCCC2)ccc1[N+](=O)[O-]. The van der Waals surface area contributed by atoms with Gasteiger partial charge in [0.15, 0.2) is 0 Å². The molecule has 0 atom stereocenters. The van der Waals surface area contributed by atoms with Crippen molar-refractivity contribution in [2.45, 2.75) is 38.6 Å². The second kappa shape index (κ2) is 7.02. The number of carbonyl (C=O) groups is 1. The number of benzene rings is 1. The topological polar surface area (TPSA) is 63.5 Å². The Morgan fingerprint density at radius 2 is 2.10 bits per heavy atom. The number of nitro benzene ring substituents is 1. The van der Waals surface area contributed by atoms with Gasteiger partial charge in [-0.2, -0.15) is 0 Å². The maximum absolute atomic E-state index is 12.7. The van der Waals surface area contributed by atoms with Crippen LogP contribution in [0.3, 0.4) is 0 Å². The molecule has 1 saturated carbocycles. The Labute approximate surface area is 132 Å². The molecule has 21 heavy (non-hydrogen) atoms. The minimum Gasteiger partial charge on any atom is -0.335 e. The first-order chi connectivity index (χ1) is 10.0. The first-order valence-corrected chi connectivity index (χ1v) is 8.28. The van der Waals surface area contributed by atoms with E-state index < -0.39 is 4.92 Å². The van der Waals surface area contributed by atoms with Gasteiger partial charge in [-0.15, -0.1) is 0 Å². The van der Waals surface area contributed by atoms with Crippen LogP contribution in [0.25, 0.3) is 0 Å². The van der Waals surface area contributed by atoms with E-state index in [2.05, 4.69) is 15.9 Å². The summed E-state index contributed by atoms with van der Waals surface area (Å²) in [4.78, 5) is 25.0. The lowest BCUT2D eigenvalue weighted by molar-refractivity contribution is -0.385. The van der Waals surface area contributed by atoms with E-state index in [-0.39, 0.29) is 11.6 Å². The van der Waals surface area contributed by atoms with Gasteiger partial charge in [-0.3, -0.25) is 14.9 Å². The molecule has 0 bridgehead atoms. The average molecular weight is 355 g/mol. The number of hydrogen-bond acceptors (Lipinski definition) is 3. The quantitative estimate of drug-likeness (QED) is 0.460. The van der Waals surface area contributed by atoms with E-state index in [0.29, 0.717) is 23.7 Å². The maximum atomic E-state index is 12.7. The van der Waals surface area contributed by atoms with E-state index in [9.17, 15) is 14.9 Å². The summed E-state index contributed by atoms with van der Waals surface area (Å²) < 4.78 is 0. The molecule has 1 fully saturated rings. The fourth-order valence-electron chi connectivity index (χ4n) is 2.92. The normalized spacial score (nSPS) is 15.1. The van der Waals surface area contributed by atoms with Crippen LogP contribution in [0.1, 0.15) is 41.6 Å². The van der Waals surface area contributed by atoms with Gasteiger partial charge >= 0.3 is 0 Å². The van der Waals surface area contributed by atoms with Gasteiger partial charge in [-0.25, -0.2) is 0 Å². The van der Waals surface area contributed by atoms with Gasteiger partial charge in [0.25, 0.3) is 11.6 Å². The third-order valence-corrected chi connectivity index (χ3v) is 4.35. The van der Waals surface area contributed by atoms with Gasteiger partial charge < -0.3 is 4.90 Å². The minimum atomic E-state index is -0.420. The molecule has 1 aromatic rings. The highest BCUT2D eigenvalue weighted by Gasteiger charge is 2.27. The lowest BCUT2D eigenvalue weighted by atomic mass is 10.1. The first kappa shape index (κ1) is 15.9. The molecule has 1 amide bonds. The van der Waals surface area contributed by atoms with Crippen molar-refractivity contribution >= 4 is 27.5 Å². The molecule has 0 N–H and O–H groups in total. The van der Waals surface area contributed by atoms with Gasteiger partial charge in [0.05, 0.1) is 4.92 Å². The predicted molar refractivity (Wildman–Crippen MR) is 84.9 cm³/mol. The van der Waals surface area contributed by atoms with Crippen LogP contribution in [0.5, 0.6) is 0 Å². The molecule has 1 aromatic carbocycles. The lowest BCUT2D eigenvalue weighted by Crippen LogP contribution is -2.40. The number of rotatable bonds is 5. The number of halogens is 1. The third-order valence-electron chi connectivity index (χ3n) is 3.99. The van der Waals surface area contributed by atoms with Crippen LogP contribution in [0.15, 0.2) is 18.2 Å². The highest BCUT2D eigenvalue weighted by atomic mass is 79.9. The minimum absolute atomic E-state index is 0.0284. The van der Waals surface area contributed by atoms with E-state index in [1.54, 1.807) is 19.1 Å². The smallest absolute Gasteiger partial charge is 0.272 e. The van der Waals surface area contributed by atoms with Crippen LogP contribution in [-0.2, 0) is 0 Å². The second-order valence-corrected chi connectivity index (χ2v) is 6.18. The van der Waals surface area contributed by atoms with E-state index >= 15 is 0 Å². The highest BCUT2D eigenvalue weighted by Crippen LogP contribution is 2.26. The Morgan fingerprint density at radius 3 is 2.62 bits per heavy atom. The average Bonchev–Trinajstić information content (AvgIpc) is 2.97. The van der Waals surface area contributed by atoms with Crippen LogP contribution in [0.4, 0.5) is 5.69 Å². The van der Waals surface area contributed by atoms with Crippen molar-refractivity contribution in [3.05, 3.63) is 39.4 Å². The van der Waals surface area contributed by atoms with Crippen LogP contribution in [-0.4, -0.2) is 33.6 Å². The Kier molecular flexibility index (Phi) is 5.33. The molecule has 0 unspecified atom stereocenters. The molecule has 0 spiro atoms. The molecular formula is C15H19BrN2O3. The van der Waals surface area contributed by atoms with Crippen LogP contribution in [0, 0.1) is 17.0 Å². The number of carbonyl (C=O) groups excluding carboxylic acids is 1. The number of alkyl halides is 1. The summed E-state index contributed by atoms with van der Waals surface area (Å²) in [6, 6.07) is 4.90. The fourth-order valence-corrected chi connectivity index (χ4v) is 3.30. The van der Waals surface area contributed by atoms with E-state index in [0.717, 1.165) is 31.0 Å². The van der Waals surface area contributed by atoms with Crippen molar-refractivity contribution in [1.29, 1.82) is 0 Å². The Morgan fingerprint density at radius 1 is 1.43 bits per heavy atom. The van der Waals surface area contributed by atoms with Crippen LogP contribution < -0.4 is 0 Å². The van der Waals surface area contributed by atoms with E-state index in [1.807, 2.05) is 4.90 Å². The molecule has 0 saturated heterocycles. The number of nitro groups is 1. The van der Waals surface area contributed by atoms with Crippen molar-refractivity contribution in [1.82, 2.24) is 4.90 Å². The van der Waals surface area contributed by atoms with Crippen molar-refractivity contribution in [2.75, 3.05) is 11.9 Å². The summed E-state index contributed by atoms with van der Waals surface area (Å²) in [6.07, 6.45) is 4.42. The Balaban J connectivity index is 2.23. The Bertz CT molecular complexity index is 542. The zero-order chi connectivity index (χ0) is 15.4. The summed E-state index contributed by atoms with van der Waals surface area (Å²) in [7, 11) is 0. The summed E-state index contributed by atoms with van der Waals surface area (Å²) in [5, 5.41) is 11.6. The van der Waals surface area contributed by atoms with Crippen LogP contribution in [0.2, 0.25) is 0 Å². The summed E-state index contributed by atoms with van der Waals surface area (Å²) in [5.74, 6) is -0.0284. The van der Waals surface area contributed by atoms with Crippen LogP contribution >= 0.6 is 15.9 Å². The molecule has 1 aliphatic rings. The number of nitrogens with zero attached hydrogens (tertiary/aromatic N) is 2. The predicted octanol–water partition coefficient (Wildman–Crippen LogP) is 3.68. The molecule has 0 radical (unpaired) electrons. The molecule has 0 aromatic heterocycles. The molecule has 114 valence electrons. The number of aryl methyl sites for hydroxylation is 1.